The fourth-order valence-electron chi connectivity index (χ4n) is 2.99. The van der Waals surface area contributed by atoms with Crippen LogP contribution in [-0.2, 0) is 17.8 Å². The summed E-state index contributed by atoms with van der Waals surface area (Å²) in [6, 6.07) is 16.2. The molecule has 1 aromatic heterocycles. The van der Waals surface area contributed by atoms with Crippen molar-refractivity contribution >= 4 is 22.9 Å². The summed E-state index contributed by atoms with van der Waals surface area (Å²) < 4.78 is 0. The Morgan fingerprint density at radius 2 is 1.89 bits per heavy atom. The van der Waals surface area contributed by atoms with Gasteiger partial charge in [-0.1, -0.05) is 61.0 Å². The number of nitrogens with zero attached hydrogens (tertiary/aromatic N) is 1. The quantitative estimate of drug-likeness (QED) is 0.175. The molecule has 3 rings (SSSR count). The predicted octanol–water partition coefficient (Wildman–Crippen LogP) is -0.0397. The van der Waals surface area contributed by atoms with Crippen LogP contribution in [0.2, 0.25) is 0 Å². The Kier molecular flexibility index (Phi) is 8.91. The predicted molar refractivity (Wildman–Crippen MR) is 103 cm³/mol. The van der Waals surface area contributed by atoms with Gasteiger partial charge in [-0.3, -0.25) is 10.0 Å². The number of hydroxylamine groups is 1. The zero-order valence-electron chi connectivity index (χ0n) is 15.7. The van der Waals surface area contributed by atoms with Gasteiger partial charge in [-0.05, 0) is 35.6 Å². The average molecular weight is 388 g/mol. The maximum Gasteiger partial charge on any atom is 1.00 e. The zero-order chi connectivity index (χ0) is 18.4. The summed E-state index contributed by atoms with van der Waals surface area (Å²) >= 11 is 0. The molecule has 0 atom stereocenters. The molecule has 0 radical (unpaired) electrons. The van der Waals surface area contributed by atoms with E-state index in [1.165, 1.54) is 22.6 Å². The molecule has 0 unspecified atom stereocenters. The van der Waals surface area contributed by atoms with Crippen LogP contribution in [0.1, 0.15) is 22.4 Å². The number of hydrogen-bond donors (Lipinski definition) is 3. The standard InChI is InChI=1S/C21H22N3O2.K/c1-15-18(19-4-2-3-5-20(19)23-15)12-13-22-14-17-8-6-16(7-9-17)10-11-21(25)24-26;/h2-11,22,26H,12-14H2,1H3,(H,24,25);/q-1;+1/b11-10+;. The van der Waals surface area contributed by atoms with Crippen LogP contribution < -0.4 is 67.2 Å². The molecule has 2 aromatic carbocycles. The van der Waals surface area contributed by atoms with Gasteiger partial charge in [0.05, 0.1) is 0 Å². The van der Waals surface area contributed by atoms with Gasteiger partial charge in [-0.15, -0.1) is 5.52 Å². The van der Waals surface area contributed by atoms with Crippen LogP contribution in [0.25, 0.3) is 17.0 Å². The Morgan fingerprint density at radius 3 is 2.63 bits per heavy atom. The van der Waals surface area contributed by atoms with E-state index in [1.54, 1.807) is 11.6 Å². The first-order valence-electron chi connectivity index (χ1n) is 8.60. The molecule has 0 saturated heterocycles. The van der Waals surface area contributed by atoms with E-state index in [0.717, 1.165) is 36.3 Å². The molecule has 0 bridgehead atoms. The molecule has 6 heteroatoms. The maximum atomic E-state index is 11.0. The van der Waals surface area contributed by atoms with Gasteiger partial charge in [-0.2, -0.15) is 5.69 Å². The molecule has 1 amide bonds. The second kappa shape index (κ2) is 10.9. The van der Waals surface area contributed by atoms with Crippen molar-refractivity contribution in [2.24, 2.45) is 0 Å². The molecule has 0 spiro atoms. The van der Waals surface area contributed by atoms with Gasteiger partial charge in [0.2, 0.25) is 0 Å². The van der Waals surface area contributed by atoms with Crippen LogP contribution in [0.5, 0.6) is 0 Å². The molecule has 1 heterocycles. The Balaban J connectivity index is 0.00000261. The van der Waals surface area contributed by atoms with Gasteiger partial charge in [0, 0.05) is 12.6 Å². The van der Waals surface area contributed by atoms with E-state index in [4.69, 9.17) is 5.21 Å². The van der Waals surface area contributed by atoms with Gasteiger partial charge < -0.3 is 10.3 Å². The van der Waals surface area contributed by atoms with Crippen LogP contribution >= 0.6 is 0 Å². The maximum absolute atomic E-state index is 11.0. The van der Waals surface area contributed by atoms with Gasteiger partial charge >= 0.3 is 51.4 Å². The molecule has 0 saturated carbocycles. The summed E-state index contributed by atoms with van der Waals surface area (Å²) in [4.78, 5) is 15.6. The van der Waals surface area contributed by atoms with Crippen LogP contribution in [-0.4, -0.2) is 17.7 Å². The summed E-state index contributed by atoms with van der Waals surface area (Å²) in [6.07, 6.45) is 3.89. The van der Waals surface area contributed by atoms with Crippen molar-refractivity contribution < 1.29 is 61.4 Å². The van der Waals surface area contributed by atoms with E-state index in [0.29, 0.717) is 0 Å². The zero-order valence-corrected chi connectivity index (χ0v) is 18.8. The van der Waals surface area contributed by atoms with Crippen molar-refractivity contribution in [2.45, 2.75) is 19.9 Å². The molecular formula is C21H22KN3O2. The van der Waals surface area contributed by atoms with Gasteiger partial charge in [-0.25, -0.2) is 5.48 Å². The van der Waals surface area contributed by atoms with E-state index in [1.807, 2.05) is 30.3 Å². The topological polar surface area (TPSA) is 75.5 Å². The van der Waals surface area contributed by atoms with E-state index in [-0.39, 0.29) is 51.4 Å². The van der Waals surface area contributed by atoms with Crippen molar-refractivity contribution in [3.8, 4) is 0 Å². The summed E-state index contributed by atoms with van der Waals surface area (Å²) in [5.74, 6) is -0.541. The van der Waals surface area contributed by atoms with Crippen molar-refractivity contribution in [3.05, 3.63) is 77.0 Å². The van der Waals surface area contributed by atoms with E-state index in [2.05, 4.69) is 35.4 Å². The third-order valence-electron chi connectivity index (χ3n) is 4.35. The number of carbonyl (C=O) groups excluding carboxylic acids is 1. The molecule has 0 aliphatic carbocycles. The number of rotatable bonds is 7. The largest absolute Gasteiger partial charge is 1.00 e. The summed E-state index contributed by atoms with van der Waals surface area (Å²) in [6.45, 7) is 3.74. The van der Waals surface area contributed by atoms with Crippen LogP contribution in [0, 0.1) is 6.92 Å². The number of carbonyl (C=O) groups is 1. The number of hydrogen-bond acceptors (Lipinski definition) is 3. The molecule has 5 nitrogen and oxygen atoms in total. The molecule has 27 heavy (non-hydrogen) atoms. The minimum Gasteiger partial charge on any atom is -0.661 e. The Morgan fingerprint density at radius 1 is 1.15 bits per heavy atom. The molecule has 0 fully saturated rings. The average Bonchev–Trinajstić information content (AvgIpc) is 2.99. The minimum absolute atomic E-state index is 0. The third-order valence-corrected chi connectivity index (χ3v) is 4.35. The number of amides is 1. The SMILES string of the molecule is Cc1[n-]c2ccccc2c1CCNCc1ccc(/C=C/C(=O)NO)cc1.[K+]. The van der Waals surface area contributed by atoms with E-state index in [9.17, 15) is 4.79 Å². The Bertz CT molecular complexity index is 917. The number of aryl methyl sites for hydroxylation is 1. The van der Waals surface area contributed by atoms with E-state index < -0.39 is 5.91 Å². The van der Waals surface area contributed by atoms with Crippen LogP contribution in [0.15, 0.2) is 54.6 Å². The number of para-hydroxylation sites is 1. The third kappa shape index (κ3) is 6.12. The summed E-state index contributed by atoms with van der Waals surface area (Å²) in [5.41, 5.74) is 7.14. The summed E-state index contributed by atoms with van der Waals surface area (Å²) in [5, 5.41) is 13.2. The molecule has 0 aliphatic rings. The smallest absolute Gasteiger partial charge is 0.661 e. The van der Waals surface area contributed by atoms with E-state index >= 15 is 0 Å². The molecule has 134 valence electrons. The molecular weight excluding hydrogens is 365 g/mol. The van der Waals surface area contributed by atoms with Crippen LogP contribution in [0.4, 0.5) is 0 Å². The summed E-state index contributed by atoms with van der Waals surface area (Å²) in [7, 11) is 0. The monoisotopic (exact) mass is 387 g/mol. The van der Waals surface area contributed by atoms with Crippen molar-refractivity contribution in [3.63, 3.8) is 0 Å². The van der Waals surface area contributed by atoms with Gasteiger partial charge in [0.1, 0.15) is 0 Å². The molecule has 0 aliphatic heterocycles. The van der Waals surface area contributed by atoms with Gasteiger partial charge in [0.25, 0.3) is 5.91 Å². The Hall–Kier alpha value is -1.25. The number of fused-ring (bicyclic) bond motifs is 1. The molecule has 3 aromatic rings. The first-order valence-corrected chi connectivity index (χ1v) is 8.60. The van der Waals surface area contributed by atoms with Crippen molar-refractivity contribution in [1.29, 1.82) is 0 Å². The van der Waals surface area contributed by atoms with Crippen molar-refractivity contribution in [2.75, 3.05) is 6.54 Å². The second-order valence-electron chi connectivity index (χ2n) is 6.17. The fourth-order valence-corrected chi connectivity index (χ4v) is 2.99. The number of aromatic nitrogens is 1. The number of nitrogens with one attached hydrogen (secondary N) is 2. The fraction of sp³-hybridized carbons (Fsp3) is 0.190. The second-order valence-corrected chi connectivity index (χ2v) is 6.17. The van der Waals surface area contributed by atoms with Gasteiger partial charge in [0.15, 0.2) is 0 Å². The first-order chi connectivity index (χ1) is 12.7. The normalized spacial score (nSPS) is 10.9. The van der Waals surface area contributed by atoms with Crippen LogP contribution in [0.3, 0.4) is 0 Å². The van der Waals surface area contributed by atoms with Crippen molar-refractivity contribution in [1.82, 2.24) is 15.8 Å². The minimum atomic E-state index is -0.541. The Labute approximate surface area is 201 Å². The number of benzene rings is 2. The first kappa shape index (κ1) is 22.0. The molecule has 3 N–H and O–H groups in total.